The molecule has 0 atom stereocenters. The van der Waals surface area contributed by atoms with Gasteiger partial charge in [-0.25, -0.2) is 0 Å². The number of hydrogen-bond acceptors (Lipinski definition) is 3. The van der Waals surface area contributed by atoms with E-state index in [9.17, 15) is 9.59 Å². The first-order valence-electron chi connectivity index (χ1n) is 9.63. The van der Waals surface area contributed by atoms with Crippen LogP contribution in [0, 0.1) is 0 Å². The van der Waals surface area contributed by atoms with E-state index in [0.29, 0.717) is 42.3 Å². The second kappa shape index (κ2) is 10.9. The zero-order chi connectivity index (χ0) is 20.5. The van der Waals surface area contributed by atoms with Crippen LogP contribution in [-0.4, -0.2) is 36.4 Å². The van der Waals surface area contributed by atoms with Crippen LogP contribution in [0.15, 0.2) is 46.9 Å². The summed E-state index contributed by atoms with van der Waals surface area (Å²) in [6, 6.07) is 12.4. The monoisotopic (exact) mass is 446 g/mol. The number of benzene rings is 2. The number of halogens is 1. The molecule has 2 aromatic carbocycles. The van der Waals surface area contributed by atoms with Gasteiger partial charge in [0.25, 0.3) is 11.8 Å². The molecule has 0 radical (unpaired) electrons. The predicted molar refractivity (Wildman–Crippen MR) is 116 cm³/mol. The molecule has 0 saturated carbocycles. The molecular formula is C22H27BrN2O3. The molecule has 5 nitrogen and oxygen atoms in total. The van der Waals surface area contributed by atoms with E-state index in [-0.39, 0.29) is 11.8 Å². The van der Waals surface area contributed by atoms with Gasteiger partial charge in [0.1, 0.15) is 5.75 Å². The minimum absolute atomic E-state index is 0.0489. The lowest BCUT2D eigenvalue weighted by molar-refractivity contribution is 0.0772. The third kappa shape index (κ3) is 5.83. The van der Waals surface area contributed by atoms with Crippen LogP contribution in [0.3, 0.4) is 0 Å². The quantitative estimate of drug-likeness (QED) is 0.527. The highest BCUT2D eigenvalue weighted by Crippen LogP contribution is 2.25. The van der Waals surface area contributed by atoms with Gasteiger partial charge in [0.05, 0.1) is 12.2 Å². The molecule has 28 heavy (non-hydrogen) atoms. The second-order valence-electron chi connectivity index (χ2n) is 6.35. The van der Waals surface area contributed by atoms with Gasteiger partial charge in [-0.2, -0.15) is 0 Å². The Hall–Kier alpha value is -2.34. The fraction of sp³-hybridized carbons (Fsp3) is 0.364. The molecule has 0 aromatic heterocycles. The van der Waals surface area contributed by atoms with Crippen molar-refractivity contribution in [3.05, 3.63) is 58.1 Å². The normalized spacial score (nSPS) is 10.4. The van der Waals surface area contributed by atoms with Crippen molar-refractivity contribution < 1.29 is 14.3 Å². The highest BCUT2D eigenvalue weighted by Gasteiger charge is 2.16. The van der Waals surface area contributed by atoms with Gasteiger partial charge < -0.3 is 15.0 Å². The van der Waals surface area contributed by atoms with Crippen molar-refractivity contribution in [2.24, 2.45) is 0 Å². The summed E-state index contributed by atoms with van der Waals surface area (Å²) in [5.41, 5.74) is 1.57. The van der Waals surface area contributed by atoms with Gasteiger partial charge in [0.2, 0.25) is 0 Å². The van der Waals surface area contributed by atoms with E-state index in [1.807, 2.05) is 19.9 Å². The molecule has 1 N–H and O–H groups in total. The minimum atomic E-state index is -0.278. The second-order valence-corrected chi connectivity index (χ2v) is 7.27. The number of unbranched alkanes of at least 4 members (excludes halogenated alkanes) is 1. The first kappa shape index (κ1) is 22.0. The lowest BCUT2D eigenvalue weighted by Gasteiger charge is -2.19. The van der Waals surface area contributed by atoms with Gasteiger partial charge in [-0.3, -0.25) is 9.59 Å². The molecule has 0 aliphatic carbocycles. The largest absolute Gasteiger partial charge is 0.493 e. The molecule has 2 amide bonds. The maximum absolute atomic E-state index is 12.8. The number of nitrogens with one attached hydrogen (secondary N) is 1. The van der Waals surface area contributed by atoms with Crippen LogP contribution in [0.4, 0.5) is 5.69 Å². The predicted octanol–water partition coefficient (Wildman–Crippen LogP) is 5.36. The summed E-state index contributed by atoms with van der Waals surface area (Å²) in [6.45, 7) is 7.82. The molecule has 0 unspecified atom stereocenters. The van der Waals surface area contributed by atoms with Crippen molar-refractivity contribution in [1.29, 1.82) is 0 Å². The fourth-order valence-corrected chi connectivity index (χ4v) is 3.11. The van der Waals surface area contributed by atoms with Crippen LogP contribution in [0.25, 0.3) is 0 Å². The van der Waals surface area contributed by atoms with Crippen molar-refractivity contribution in [3.63, 3.8) is 0 Å². The standard InChI is InChI=1S/C22H27BrN2O3/c1-4-7-13-28-20-12-11-17(23)15-19(20)21(26)24-18-10-8-9-16(14-18)22(27)25(5-2)6-3/h8-12,14-15H,4-7,13H2,1-3H3,(H,24,26). The number of hydrogen-bond donors (Lipinski definition) is 1. The highest BCUT2D eigenvalue weighted by atomic mass is 79.9. The maximum atomic E-state index is 12.8. The average molecular weight is 447 g/mol. The molecule has 0 bridgehead atoms. The maximum Gasteiger partial charge on any atom is 0.259 e. The van der Waals surface area contributed by atoms with Crippen LogP contribution in [0.1, 0.15) is 54.3 Å². The number of carbonyl (C=O) groups is 2. The summed E-state index contributed by atoms with van der Waals surface area (Å²) in [6.07, 6.45) is 1.94. The number of anilines is 1. The van der Waals surface area contributed by atoms with Gasteiger partial charge in [-0.15, -0.1) is 0 Å². The van der Waals surface area contributed by atoms with E-state index < -0.39 is 0 Å². The third-order valence-corrected chi connectivity index (χ3v) is 4.85. The van der Waals surface area contributed by atoms with Gasteiger partial charge in [0.15, 0.2) is 0 Å². The lowest BCUT2D eigenvalue weighted by Crippen LogP contribution is -2.30. The molecule has 0 saturated heterocycles. The lowest BCUT2D eigenvalue weighted by atomic mass is 10.1. The smallest absolute Gasteiger partial charge is 0.259 e. The van der Waals surface area contributed by atoms with Crippen molar-refractivity contribution in [1.82, 2.24) is 4.90 Å². The summed E-state index contributed by atoms with van der Waals surface area (Å²) in [7, 11) is 0. The topological polar surface area (TPSA) is 58.6 Å². The highest BCUT2D eigenvalue weighted by molar-refractivity contribution is 9.10. The van der Waals surface area contributed by atoms with E-state index in [1.54, 1.807) is 41.3 Å². The summed E-state index contributed by atoms with van der Waals surface area (Å²) in [5, 5.41) is 2.88. The Labute approximate surface area is 175 Å². The van der Waals surface area contributed by atoms with Crippen molar-refractivity contribution >= 4 is 33.4 Å². The Kier molecular flexibility index (Phi) is 8.51. The number of ether oxygens (including phenoxy) is 1. The number of rotatable bonds is 9. The van der Waals surface area contributed by atoms with E-state index in [1.165, 1.54) is 0 Å². The summed E-state index contributed by atoms with van der Waals surface area (Å²) < 4.78 is 6.57. The molecule has 0 spiro atoms. The van der Waals surface area contributed by atoms with Crippen molar-refractivity contribution in [2.45, 2.75) is 33.6 Å². The zero-order valence-electron chi connectivity index (χ0n) is 16.6. The number of carbonyl (C=O) groups excluding carboxylic acids is 2. The molecule has 0 heterocycles. The van der Waals surface area contributed by atoms with Crippen molar-refractivity contribution in [2.75, 3.05) is 25.0 Å². The third-order valence-electron chi connectivity index (χ3n) is 4.36. The molecule has 6 heteroatoms. The molecule has 0 aliphatic rings. The van der Waals surface area contributed by atoms with Crippen LogP contribution < -0.4 is 10.1 Å². The first-order chi connectivity index (χ1) is 13.5. The van der Waals surface area contributed by atoms with Crippen molar-refractivity contribution in [3.8, 4) is 5.75 Å². The van der Waals surface area contributed by atoms with Crippen LogP contribution in [0.5, 0.6) is 5.75 Å². The molecule has 2 aromatic rings. The van der Waals surface area contributed by atoms with Crippen LogP contribution in [-0.2, 0) is 0 Å². The molecular weight excluding hydrogens is 420 g/mol. The fourth-order valence-electron chi connectivity index (χ4n) is 2.75. The van der Waals surface area contributed by atoms with Gasteiger partial charge in [0, 0.05) is 28.8 Å². The SMILES string of the molecule is CCCCOc1ccc(Br)cc1C(=O)Nc1cccc(C(=O)N(CC)CC)c1. The summed E-state index contributed by atoms with van der Waals surface area (Å²) >= 11 is 3.41. The van der Waals surface area contributed by atoms with E-state index in [4.69, 9.17) is 4.74 Å². The Bertz CT molecular complexity index is 819. The minimum Gasteiger partial charge on any atom is -0.493 e. The molecule has 0 fully saturated rings. The van der Waals surface area contributed by atoms with Gasteiger partial charge in [-0.05, 0) is 56.7 Å². The molecule has 0 aliphatic heterocycles. The van der Waals surface area contributed by atoms with E-state index in [2.05, 4.69) is 28.2 Å². The van der Waals surface area contributed by atoms with E-state index in [0.717, 1.165) is 17.3 Å². The number of amides is 2. The number of nitrogens with zero attached hydrogens (tertiary/aromatic N) is 1. The van der Waals surface area contributed by atoms with Gasteiger partial charge >= 0.3 is 0 Å². The molecule has 150 valence electrons. The van der Waals surface area contributed by atoms with Gasteiger partial charge in [-0.1, -0.05) is 35.3 Å². The Morgan fingerprint density at radius 3 is 2.50 bits per heavy atom. The average Bonchev–Trinajstić information content (AvgIpc) is 2.70. The van der Waals surface area contributed by atoms with Crippen LogP contribution in [0.2, 0.25) is 0 Å². The Morgan fingerprint density at radius 1 is 1.07 bits per heavy atom. The summed E-state index contributed by atoms with van der Waals surface area (Å²) in [4.78, 5) is 27.1. The van der Waals surface area contributed by atoms with Crippen LogP contribution >= 0.6 is 15.9 Å². The summed E-state index contributed by atoms with van der Waals surface area (Å²) in [5.74, 6) is 0.219. The first-order valence-corrected chi connectivity index (χ1v) is 10.4. The zero-order valence-corrected chi connectivity index (χ0v) is 18.2. The Morgan fingerprint density at radius 2 is 1.82 bits per heavy atom. The Balaban J connectivity index is 2.20. The molecule has 2 rings (SSSR count). The van der Waals surface area contributed by atoms with E-state index >= 15 is 0 Å².